The largest absolute Gasteiger partial charge is 0.469 e. The van der Waals surface area contributed by atoms with E-state index in [9.17, 15) is 13.2 Å². The van der Waals surface area contributed by atoms with Crippen LogP contribution in [0, 0.1) is 0 Å². The number of nitrogens with one attached hydrogen (secondary N) is 1. The van der Waals surface area contributed by atoms with E-state index in [-0.39, 0.29) is 25.0 Å². The molecule has 114 valence electrons. The van der Waals surface area contributed by atoms with Crippen molar-refractivity contribution in [3.05, 3.63) is 0 Å². The Balaban J connectivity index is 4.43. The second-order valence-corrected chi connectivity index (χ2v) is 7.04. The fourth-order valence-electron chi connectivity index (χ4n) is 1.01. The third-order valence-corrected chi connectivity index (χ3v) is 4.68. The molecule has 0 fully saturated rings. The minimum absolute atomic E-state index is 0.0327. The maximum absolute atomic E-state index is 11.9. The Hall–Kier alpha value is -0.700. The van der Waals surface area contributed by atoms with Crippen molar-refractivity contribution in [1.82, 2.24) is 13.9 Å². The number of nitrogens with zero attached hydrogens (tertiary/aromatic N) is 2. The van der Waals surface area contributed by atoms with Crippen molar-refractivity contribution < 1.29 is 17.9 Å². The lowest BCUT2D eigenvalue weighted by atomic mass is 10.1. The summed E-state index contributed by atoms with van der Waals surface area (Å²) in [5.41, 5.74) is -0.295. The zero-order valence-electron chi connectivity index (χ0n) is 12.6. The van der Waals surface area contributed by atoms with Gasteiger partial charge in [-0.25, -0.2) is 4.72 Å². The van der Waals surface area contributed by atoms with E-state index in [1.165, 1.54) is 14.2 Å². The zero-order valence-corrected chi connectivity index (χ0v) is 13.4. The van der Waals surface area contributed by atoms with Crippen LogP contribution in [-0.4, -0.2) is 70.5 Å². The van der Waals surface area contributed by atoms with Crippen LogP contribution in [0.2, 0.25) is 0 Å². The Kier molecular flexibility index (Phi) is 6.92. The summed E-state index contributed by atoms with van der Waals surface area (Å²) in [7, 11) is 2.88. The van der Waals surface area contributed by atoms with Crippen molar-refractivity contribution in [1.29, 1.82) is 0 Å². The van der Waals surface area contributed by atoms with Crippen LogP contribution >= 0.6 is 0 Å². The van der Waals surface area contributed by atoms with Gasteiger partial charge in [0, 0.05) is 25.7 Å². The van der Waals surface area contributed by atoms with E-state index in [4.69, 9.17) is 0 Å². The summed E-state index contributed by atoms with van der Waals surface area (Å²) in [4.78, 5) is 12.9. The lowest BCUT2D eigenvalue weighted by molar-refractivity contribution is -0.140. The van der Waals surface area contributed by atoms with Gasteiger partial charge in [0.05, 0.1) is 13.5 Å². The molecule has 0 rings (SSSR count). The summed E-state index contributed by atoms with van der Waals surface area (Å²) >= 11 is 0. The van der Waals surface area contributed by atoms with Crippen LogP contribution in [0.15, 0.2) is 0 Å². The number of esters is 1. The predicted molar refractivity (Wildman–Crippen MR) is 74.0 cm³/mol. The molecular formula is C11H25N3O4S. The molecule has 0 heterocycles. The molecule has 0 aliphatic rings. The Morgan fingerprint density at radius 2 is 1.79 bits per heavy atom. The van der Waals surface area contributed by atoms with E-state index < -0.39 is 16.2 Å². The zero-order chi connectivity index (χ0) is 15.3. The second-order valence-electron chi connectivity index (χ2n) is 5.18. The Morgan fingerprint density at radius 3 is 2.21 bits per heavy atom. The van der Waals surface area contributed by atoms with Gasteiger partial charge in [-0.3, -0.25) is 4.79 Å². The molecule has 0 amide bonds. The Labute approximate surface area is 116 Å². The van der Waals surface area contributed by atoms with Crippen LogP contribution in [0.25, 0.3) is 0 Å². The van der Waals surface area contributed by atoms with Crippen molar-refractivity contribution in [2.45, 2.75) is 25.8 Å². The lowest BCUT2D eigenvalue weighted by Crippen LogP contribution is -2.50. The summed E-state index contributed by atoms with van der Waals surface area (Å²) in [6, 6.07) is 0. The van der Waals surface area contributed by atoms with Gasteiger partial charge in [0.25, 0.3) is 10.2 Å². The Bertz CT molecular complexity index is 393. The molecule has 0 aromatic carbocycles. The highest BCUT2D eigenvalue weighted by Gasteiger charge is 2.25. The molecule has 0 aromatic heterocycles. The SMILES string of the molecule is COC(=O)CCN(C)S(=O)(=O)NCC(C)(C)N(C)C. The fourth-order valence-corrected chi connectivity index (χ4v) is 2.09. The molecule has 0 atom stereocenters. The monoisotopic (exact) mass is 295 g/mol. The molecule has 0 aliphatic heterocycles. The van der Waals surface area contributed by atoms with Gasteiger partial charge in [-0.1, -0.05) is 0 Å². The fraction of sp³-hybridized carbons (Fsp3) is 0.909. The van der Waals surface area contributed by atoms with E-state index in [0.29, 0.717) is 0 Å². The number of carbonyl (C=O) groups is 1. The quantitative estimate of drug-likeness (QED) is 0.620. The van der Waals surface area contributed by atoms with Crippen molar-refractivity contribution in [3.63, 3.8) is 0 Å². The molecule has 0 unspecified atom stereocenters. The van der Waals surface area contributed by atoms with Crippen LogP contribution in [0.4, 0.5) is 0 Å². The molecule has 8 heteroatoms. The summed E-state index contributed by atoms with van der Waals surface area (Å²) in [6.45, 7) is 4.24. The number of carbonyl (C=O) groups excluding carboxylic acids is 1. The van der Waals surface area contributed by atoms with Crippen LogP contribution < -0.4 is 4.72 Å². The number of hydrogen-bond donors (Lipinski definition) is 1. The van der Waals surface area contributed by atoms with Crippen LogP contribution in [0.1, 0.15) is 20.3 Å². The lowest BCUT2D eigenvalue weighted by Gasteiger charge is -2.33. The average Bonchev–Trinajstić information content (AvgIpc) is 2.32. The van der Waals surface area contributed by atoms with Gasteiger partial charge in [0.1, 0.15) is 0 Å². The van der Waals surface area contributed by atoms with Gasteiger partial charge >= 0.3 is 5.97 Å². The van der Waals surface area contributed by atoms with Gasteiger partial charge in [-0.05, 0) is 27.9 Å². The van der Waals surface area contributed by atoms with Crippen molar-refractivity contribution in [2.24, 2.45) is 0 Å². The number of methoxy groups -OCH3 is 1. The highest BCUT2D eigenvalue weighted by atomic mass is 32.2. The van der Waals surface area contributed by atoms with Crippen LogP contribution in [0.3, 0.4) is 0 Å². The van der Waals surface area contributed by atoms with Crippen LogP contribution in [-0.2, 0) is 19.7 Å². The molecule has 19 heavy (non-hydrogen) atoms. The van der Waals surface area contributed by atoms with Gasteiger partial charge in [-0.15, -0.1) is 0 Å². The summed E-state index contributed by atoms with van der Waals surface area (Å²) in [5.74, 6) is -0.435. The predicted octanol–water partition coefficient (Wildman–Crippen LogP) is -0.344. The first-order chi connectivity index (χ1) is 8.53. The van der Waals surface area contributed by atoms with Gasteiger partial charge in [0.15, 0.2) is 0 Å². The number of likely N-dealkylation sites (N-methyl/N-ethyl adjacent to an activating group) is 1. The highest BCUT2D eigenvalue weighted by Crippen LogP contribution is 2.09. The van der Waals surface area contributed by atoms with E-state index >= 15 is 0 Å². The number of rotatable bonds is 8. The molecule has 0 radical (unpaired) electrons. The van der Waals surface area contributed by atoms with E-state index in [1.54, 1.807) is 0 Å². The van der Waals surface area contributed by atoms with Gasteiger partial charge in [-0.2, -0.15) is 12.7 Å². The van der Waals surface area contributed by atoms with E-state index in [0.717, 1.165) is 4.31 Å². The number of ether oxygens (including phenoxy) is 1. The molecule has 1 N–H and O–H groups in total. The molecule has 0 bridgehead atoms. The van der Waals surface area contributed by atoms with Crippen molar-refractivity contribution >= 4 is 16.2 Å². The first kappa shape index (κ1) is 18.3. The van der Waals surface area contributed by atoms with E-state index in [1.807, 2.05) is 32.8 Å². The summed E-state index contributed by atoms with van der Waals surface area (Å²) < 4.78 is 32.0. The number of hydrogen-bond acceptors (Lipinski definition) is 5. The maximum Gasteiger partial charge on any atom is 0.306 e. The molecule has 0 aromatic rings. The molecule has 0 spiro atoms. The second kappa shape index (κ2) is 7.18. The molecular weight excluding hydrogens is 270 g/mol. The van der Waals surface area contributed by atoms with Crippen molar-refractivity contribution in [3.8, 4) is 0 Å². The van der Waals surface area contributed by atoms with Gasteiger partial charge in [0.2, 0.25) is 0 Å². The normalized spacial score (nSPS) is 13.1. The van der Waals surface area contributed by atoms with E-state index in [2.05, 4.69) is 9.46 Å². The van der Waals surface area contributed by atoms with Crippen LogP contribution in [0.5, 0.6) is 0 Å². The van der Waals surface area contributed by atoms with Crippen molar-refractivity contribution in [2.75, 3.05) is 41.3 Å². The Morgan fingerprint density at radius 1 is 1.26 bits per heavy atom. The average molecular weight is 295 g/mol. The molecule has 0 saturated carbocycles. The standard InChI is InChI=1S/C11H25N3O4S/c1-11(2,13(3)4)9-12-19(16,17)14(5)8-7-10(15)18-6/h12H,7-9H2,1-6H3. The molecule has 0 saturated heterocycles. The highest BCUT2D eigenvalue weighted by molar-refractivity contribution is 7.87. The van der Waals surface area contributed by atoms with Gasteiger partial charge < -0.3 is 9.64 Å². The first-order valence-electron chi connectivity index (χ1n) is 5.98. The molecule has 7 nitrogen and oxygen atoms in total. The smallest absolute Gasteiger partial charge is 0.306 e. The maximum atomic E-state index is 11.9. The third-order valence-electron chi connectivity index (χ3n) is 3.17. The summed E-state index contributed by atoms with van der Waals surface area (Å²) in [5, 5.41) is 0. The first-order valence-corrected chi connectivity index (χ1v) is 7.42. The minimum Gasteiger partial charge on any atom is -0.469 e. The third kappa shape index (κ3) is 6.33. The molecule has 0 aliphatic carbocycles. The topological polar surface area (TPSA) is 78.9 Å². The minimum atomic E-state index is -3.58. The summed E-state index contributed by atoms with van der Waals surface area (Å²) in [6.07, 6.45) is 0.0327.